The Morgan fingerprint density at radius 1 is 1.28 bits per heavy atom. The fourth-order valence-electron chi connectivity index (χ4n) is 3.61. The number of allylic oxidation sites excluding steroid dienone is 1. The molecule has 0 aromatic carbocycles. The van der Waals surface area contributed by atoms with E-state index in [1.165, 1.54) is 0 Å². The van der Waals surface area contributed by atoms with Gasteiger partial charge < -0.3 is 15.3 Å². The molecule has 6 atom stereocenters. The lowest BCUT2D eigenvalue weighted by molar-refractivity contribution is -0.0684. The average molecular weight is 252 g/mol. The highest BCUT2D eigenvalue weighted by atomic mass is 16.3. The molecular formula is C15H24O3. The van der Waals surface area contributed by atoms with Crippen LogP contribution < -0.4 is 0 Å². The summed E-state index contributed by atoms with van der Waals surface area (Å²) >= 11 is 0. The van der Waals surface area contributed by atoms with Crippen LogP contribution in [-0.4, -0.2) is 33.6 Å². The van der Waals surface area contributed by atoms with Crippen LogP contribution in [0.3, 0.4) is 0 Å². The Bertz CT molecular complexity index is 372. The van der Waals surface area contributed by atoms with E-state index in [0.717, 1.165) is 5.57 Å². The monoisotopic (exact) mass is 252 g/mol. The zero-order valence-electron chi connectivity index (χ0n) is 11.4. The van der Waals surface area contributed by atoms with Crippen molar-refractivity contribution in [2.24, 2.45) is 23.7 Å². The first kappa shape index (κ1) is 13.8. The predicted molar refractivity (Wildman–Crippen MR) is 70.8 cm³/mol. The van der Waals surface area contributed by atoms with Crippen molar-refractivity contribution in [1.29, 1.82) is 0 Å². The zero-order valence-corrected chi connectivity index (χ0v) is 11.4. The van der Waals surface area contributed by atoms with E-state index in [2.05, 4.69) is 26.5 Å². The van der Waals surface area contributed by atoms with Gasteiger partial charge in [0.25, 0.3) is 0 Å². The van der Waals surface area contributed by atoms with Gasteiger partial charge in [0.1, 0.15) is 6.10 Å². The molecule has 0 heterocycles. The van der Waals surface area contributed by atoms with E-state index in [1.54, 1.807) is 0 Å². The molecule has 2 aliphatic carbocycles. The summed E-state index contributed by atoms with van der Waals surface area (Å²) in [5.74, 6) is 0.571. The molecule has 0 aromatic rings. The lowest BCUT2D eigenvalue weighted by atomic mass is 9.60. The summed E-state index contributed by atoms with van der Waals surface area (Å²) in [7, 11) is 0. The lowest BCUT2D eigenvalue weighted by Gasteiger charge is -2.48. The smallest absolute Gasteiger partial charge is 0.101 e. The van der Waals surface area contributed by atoms with Gasteiger partial charge in [-0.15, -0.1) is 0 Å². The Hall–Kier alpha value is -0.640. The normalized spacial score (nSPS) is 44.8. The van der Waals surface area contributed by atoms with Crippen molar-refractivity contribution in [2.75, 3.05) is 0 Å². The highest BCUT2D eigenvalue weighted by Gasteiger charge is 2.47. The van der Waals surface area contributed by atoms with Gasteiger partial charge in [-0.1, -0.05) is 26.5 Å². The minimum absolute atomic E-state index is 0.0259. The van der Waals surface area contributed by atoms with E-state index in [-0.39, 0.29) is 23.7 Å². The van der Waals surface area contributed by atoms with E-state index in [4.69, 9.17) is 0 Å². The second kappa shape index (κ2) is 4.80. The Morgan fingerprint density at radius 3 is 2.44 bits per heavy atom. The Labute approximate surface area is 109 Å². The molecule has 0 bridgehead atoms. The van der Waals surface area contributed by atoms with E-state index in [9.17, 15) is 15.3 Å². The van der Waals surface area contributed by atoms with Crippen LogP contribution in [0.1, 0.15) is 27.2 Å². The van der Waals surface area contributed by atoms with E-state index >= 15 is 0 Å². The van der Waals surface area contributed by atoms with Crippen molar-refractivity contribution in [1.82, 2.24) is 0 Å². The van der Waals surface area contributed by atoms with Crippen molar-refractivity contribution < 1.29 is 15.3 Å². The van der Waals surface area contributed by atoms with E-state index in [1.807, 2.05) is 6.92 Å². The fraction of sp³-hybridized carbons (Fsp3) is 0.733. The molecule has 3 nitrogen and oxygen atoms in total. The maximum absolute atomic E-state index is 10.3. The first-order valence-corrected chi connectivity index (χ1v) is 6.75. The van der Waals surface area contributed by atoms with Crippen molar-refractivity contribution in [3.05, 3.63) is 23.8 Å². The van der Waals surface area contributed by atoms with Gasteiger partial charge >= 0.3 is 0 Å². The Morgan fingerprint density at radius 2 is 1.89 bits per heavy atom. The number of aliphatic hydroxyl groups excluding tert-OH is 3. The standard InChI is InChI=1S/C15H24O3/c1-7(2)13-11-5-8(3)12(16)6-10(11)9(4)14(17)15(13)18/h5,7,10-18H,4,6H2,1-3H3/t10-,11+,12-,13-,14+,15+/m1/s1. The molecule has 18 heavy (non-hydrogen) atoms. The quantitative estimate of drug-likeness (QED) is 0.620. The van der Waals surface area contributed by atoms with Crippen LogP contribution in [0.5, 0.6) is 0 Å². The third-order valence-corrected chi connectivity index (χ3v) is 4.71. The van der Waals surface area contributed by atoms with Crippen molar-refractivity contribution >= 4 is 0 Å². The van der Waals surface area contributed by atoms with Gasteiger partial charge in [0.05, 0.1) is 12.2 Å². The average Bonchev–Trinajstić information content (AvgIpc) is 2.29. The second-order valence-electron chi connectivity index (χ2n) is 6.18. The summed E-state index contributed by atoms with van der Waals surface area (Å²) in [5.41, 5.74) is 1.64. The van der Waals surface area contributed by atoms with Gasteiger partial charge in [-0.05, 0) is 48.2 Å². The third kappa shape index (κ3) is 2.04. The molecule has 3 heteroatoms. The molecule has 0 spiro atoms. The predicted octanol–water partition coefficient (Wildman–Crippen LogP) is 1.49. The van der Waals surface area contributed by atoms with Gasteiger partial charge in [-0.3, -0.25) is 0 Å². The summed E-state index contributed by atoms with van der Waals surface area (Å²) < 4.78 is 0. The fourth-order valence-corrected chi connectivity index (χ4v) is 3.61. The molecule has 1 fully saturated rings. The van der Waals surface area contributed by atoms with Gasteiger partial charge in [0.15, 0.2) is 0 Å². The number of fused-ring (bicyclic) bond motifs is 1. The number of hydrogen-bond acceptors (Lipinski definition) is 3. The van der Waals surface area contributed by atoms with Crippen molar-refractivity contribution in [3.8, 4) is 0 Å². The molecule has 0 unspecified atom stereocenters. The number of rotatable bonds is 1. The molecular weight excluding hydrogens is 228 g/mol. The highest BCUT2D eigenvalue weighted by Crippen LogP contribution is 2.47. The largest absolute Gasteiger partial charge is 0.390 e. The molecule has 102 valence electrons. The van der Waals surface area contributed by atoms with Crippen LogP contribution in [-0.2, 0) is 0 Å². The summed E-state index contributed by atoms with van der Waals surface area (Å²) in [5, 5.41) is 30.3. The highest BCUT2D eigenvalue weighted by molar-refractivity contribution is 5.26. The summed E-state index contributed by atoms with van der Waals surface area (Å²) in [6.45, 7) is 10.0. The van der Waals surface area contributed by atoms with Crippen LogP contribution in [0.15, 0.2) is 23.8 Å². The van der Waals surface area contributed by atoms with Crippen LogP contribution in [0.25, 0.3) is 0 Å². The molecule has 3 N–H and O–H groups in total. The minimum Gasteiger partial charge on any atom is -0.390 e. The topological polar surface area (TPSA) is 60.7 Å². The van der Waals surface area contributed by atoms with Crippen LogP contribution in [0, 0.1) is 23.7 Å². The molecule has 0 aliphatic heterocycles. The van der Waals surface area contributed by atoms with Crippen LogP contribution in [0.2, 0.25) is 0 Å². The maximum Gasteiger partial charge on any atom is 0.101 e. The van der Waals surface area contributed by atoms with E-state index < -0.39 is 18.3 Å². The molecule has 1 saturated carbocycles. The number of aliphatic hydroxyl groups is 3. The summed E-state index contributed by atoms with van der Waals surface area (Å²) in [6.07, 6.45) is 0.622. The molecule has 0 saturated heterocycles. The van der Waals surface area contributed by atoms with Gasteiger partial charge in [0.2, 0.25) is 0 Å². The third-order valence-electron chi connectivity index (χ3n) is 4.71. The van der Waals surface area contributed by atoms with Crippen LogP contribution in [0.4, 0.5) is 0 Å². The lowest BCUT2D eigenvalue weighted by Crippen LogP contribution is -2.51. The minimum atomic E-state index is -0.863. The van der Waals surface area contributed by atoms with Crippen molar-refractivity contribution in [2.45, 2.75) is 45.5 Å². The molecule has 2 aliphatic rings. The zero-order chi connectivity index (χ0) is 13.6. The first-order chi connectivity index (χ1) is 8.34. The summed E-state index contributed by atoms with van der Waals surface area (Å²) in [6, 6.07) is 0. The van der Waals surface area contributed by atoms with Crippen molar-refractivity contribution in [3.63, 3.8) is 0 Å². The number of hydrogen-bond donors (Lipinski definition) is 3. The molecule has 0 radical (unpaired) electrons. The molecule has 0 aromatic heterocycles. The molecule has 0 amide bonds. The first-order valence-electron chi connectivity index (χ1n) is 6.75. The van der Waals surface area contributed by atoms with Gasteiger partial charge in [-0.25, -0.2) is 0 Å². The van der Waals surface area contributed by atoms with Gasteiger partial charge in [-0.2, -0.15) is 0 Å². The van der Waals surface area contributed by atoms with Gasteiger partial charge in [0, 0.05) is 0 Å². The molecule has 2 rings (SSSR count). The van der Waals surface area contributed by atoms with E-state index in [0.29, 0.717) is 12.0 Å². The Balaban J connectivity index is 2.40. The maximum atomic E-state index is 10.3. The Kier molecular flexibility index (Phi) is 3.67. The second-order valence-corrected chi connectivity index (χ2v) is 6.18. The van der Waals surface area contributed by atoms with Crippen LogP contribution >= 0.6 is 0 Å². The summed E-state index contributed by atoms with van der Waals surface area (Å²) in [4.78, 5) is 0. The SMILES string of the molecule is C=C1[C@H]2C[C@@H](O)C(C)=C[C@@H]2[C@@H](C(C)C)[C@H](O)[C@H]1O.